The van der Waals surface area contributed by atoms with Gasteiger partial charge in [0.2, 0.25) is 5.89 Å². The molecule has 1 atom stereocenters. The Morgan fingerprint density at radius 3 is 3.00 bits per heavy atom. The highest BCUT2D eigenvalue weighted by Gasteiger charge is 2.28. The molecular weight excluding hydrogens is 278 g/mol. The lowest BCUT2D eigenvalue weighted by Crippen LogP contribution is -2.33. The highest BCUT2D eigenvalue weighted by atomic mass is 16.5. The van der Waals surface area contributed by atoms with Crippen molar-refractivity contribution in [2.45, 2.75) is 51.1 Å². The lowest BCUT2D eigenvalue weighted by molar-refractivity contribution is 0.165. The molecule has 2 aromatic rings. The second-order valence-electron chi connectivity index (χ2n) is 6.45. The predicted molar refractivity (Wildman–Crippen MR) is 81.5 cm³/mol. The van der Waals surface area contributed by atoms with Crippen LogP contribution in [0.25, 0.3) is 0 Å². The van der Waals surface area contributed by atoms with Crippen LogP contribution in [0.5, 0.6) is 5.75 Å². The maximum absolute atomic E-state index is 9.61. The molecule has 0 spiro atoms. The van der Waals surface area contributed by atoms with E-state index in [0.717, 1.165) is 24.7 Å². The van der Waals surface area contributed by atoms with E-state index in [0.29, 0.717) is 24.3 Å². The largest absolute Gasteiger partial charge is 0.508 e. The number of nitrogens with zero attached hydrogens (tertiary/aromatic N) is 3. The zero-order valence-corrected chi connectivity index (χ0v) is 12.8. The number of fused-ring (bicyclic) bond motifs is 1. The minimum absolute atomic E-state index is 0.295. The second kappa shape index (κ2) is 5.39. The molecule has 1 aliphatic heterocycles. The topological polar surface area (TPSA) is 62.4 Å². The summed E-state index contributed by atoms with van der Waals surface area (Å²) in [6.45, 7) is 3.83. The summed E-state index contributed by atoms with van der Waals surface area (Å²) in [5.74, 6) is 2.47. The predicted octanol–water partition coefficient (Wildman–Crippen LogP) is 3.16. The molecule has 1 aromatic heterocycles. The Morgan fingerprint density at radius 2 is 2.23 bits per heavy atom. The third-order valence-electron chi connectivity index (χ3n) is 5.09. The fourth-order valence-electron chi connectivity index (χ4n) is 3.42. The van der Waals surface area contributed by atoms with Crippen molar-refractivity contribution in [1.29, 1.82) is 0 Å². The fraction of sp³-hybridized carbons (Fsp3) is 0.529. The monoisotopic (exact) mass is 299 g/mol. The summed E-state index contributed by atoms with van der Waals surface area (Å²) in [7, 11) is 0. The van der Waals surface area contributed by atoms with Gasteiger partial charge in [-0.1, -0.05) is 17.6 Å². The molecule has 1 unspecified atom stereocenters. The Balaban J connectivity index is 1.49. The second-order valence-corrected chi connectivity index (χ2v) is 6.45. The molecule has 1 N–H and O–H groups in total. The standard InChI is InChI=1S/C17H21N3O2/c1-11-15-6-5-14(21)9-13(15)7-8-20(11)10-16-18-17(19-22-16)12-3-2-4-12/h5-6,9,11-12,21H,2-4,7-8,10H2,1H3. The van der Waals surface area contributed by atoms with Crippen LogP contribution in [0.3, 0.4) is 0 Å². The number of aromatic nitrogens is 2. The van der Waals surface area contributed by atoms with Gasteiger partial charge in [-0.3, -0.25) is 4.90 Å². The molecule has 2 heterocycles. The molecule has 0 radical (unpaired) electrons. The normalized spacial score (nSPS) is 22.3. The average Bonchev–Trinajstić information content (AvgIpc) is 2.88. The quantitative estimate of drug-likeness (QED) is 0.943. The van der Waals surface area contributed by atoms with Crippen molar-refractivity contribution in [3.63, 3.8) is 0 Å². The lowest BCUT2D eigenvalue weighted by atomic mass is 9.85. The zero-order valence-electron chi connectivity index (χ0n) is 12.8. The Kier molecular flexibility index (Phi) is 3.37. The SMILES string of the molecule is CC1c2ccc(O)cc2CCN1Cc1nc(C2CCC2)no1. The Labute approximate surface area is 130 Å². The number of rotatable bonds is 3. The van der Waals surface area contributed by atoms with Crippen molar-refractivity contribution >= 4 is 0 Å². The van der Waals surface area contributed by atoms with Gasteiger partial charge in [-0.2, -0.15) is 4.98 Å². The van der Waals surface area contributed by atoms with E-state index in [4.69, 9.17) is 4.52 Å². The van der Waals surface area contributed by atoms with E-state index >= 15 is 0 Å². The van der Waals surface area contributed by atoms with Crippen molar-refractivity contribution in [3.05, 3.63) is 41.0 Å². The summed E-state index contributed by atoms with van der Waals surface area (Å²) in [5.41, 5.74) is 2.52. The molecule has 2 aliphatic rings. The average molecular weight is 299 g/mol. The molecule has 5 heteroatoms. The number of hydrogen-bond donors (Lipinski definition) is 1. The third kappa shape index (κ3) is 2.39. The first-order chi connectivity index (χ1) is 10.7. The van der Waals surface area contributed by atoms with Gasteiger partial charge in [0.15, 0.2) is 5.82 Å². The summed E-state index contributed by atoms with van der Waals surface area (Å²) >= 11 is 0. The molecule has 1 aromatic carbocycles. The van der Waals surface area contributed by atoms with Crippen molar-refractivity contribution in [1.82, 2.24) is 15.0 Å². The van der Waals surface area contributed by atoms with Gasteiger partial charge in [-0.15, -0.1) is 0 Å². The highest BCUT2D eigenvalue weighted by Crippen LogP contribution is 2.35. The molecule has 22 heavy (non-hydrogen) atoms. The maximum atomic E-state index is 9.61. The minimum Gasteiger partial charge on any atom is -0.508 e. The molecule has 5 nitrogen and oxygen atoms in total. The first-order valence-electron chi connectivity index (χ1n) is 8.09. The van der Waals surface area contributed by atoms with Gasteiger partial charge in [-0.25, -0.2) is 0 Å². The van der Waals surface area contributed by atoms with Crippen LogP contribution in [-0.4, -0.2) is 26.7 Å². The summed E-state index contributed by atoms with van der Waals surface area (Å²) < 4.78 is 5.44. The van der Waals surface area contributed by atoms with Crippen LogP contribution in [0.15, 0.2) is 22.7 Å². The molecule has 116 valence electrons. The van der Waals surface area contributed by atoms with Crippen LogP contribution in [0.2, 0.25) is 0 Å². The first-order valence-corrected chi connectivity index (χ1v) is 8.09. The van der Waals surface area contributed by atoms with Crippen LogP contribution < -0.4 is 0 Å². The van der Waals surface area contributed by atoms with Gasteiger partial charge in [0, 0.05) is 18.5 Å². The molecule has 1 saturated carbocycles. The van der Waals surface area contributed by atoms with Crippen LogP contribution in [0.4, 0.5) is 0 Å². The van der Waals surface area contributed by atoms with Gasteiger partial charge < -0.3 is 9.63 Å². The smallest absolute Gasteiger partial charge is 0.240 e. The van der Waals surface area contributed by atoms with E-state index in [1.165, 1.54) is 30.4 Å². The van der Waals surface area contributed by atoms with Gasteiger partial charge in [0.05, 0.1) is 6.54 Å². The number of aromatic hydroxyl groups is 1. The molecule has 1 fully saturated rings. The van der Waals surface area contributed by atoms with Gasteiger partial charge in [-0.05, 0) is 49.4 Å². The van der Waals surface area contributed by atoms with E-state index in [1.807, 2.05) is 12.1 Å². The van der Waals surface area contributed by atoms with Crippen LogP contribution in [0.1, 0.15) is 61.0 Å². The summed E-state index contributed by atoms with van der Waals surface area (Å²) in [6, 6.07) is 5.96. The van der Waals surface area contributed by atoms with E-state index < -0.39 is 0 Å². The number of benzene rings is 1. The van der Waals surface area contributed by atoms with E-state index in [-0.39, 0.29) is 0 Å². The summed E-state index contributed by atoms with van der Waals surface area (Å²) in [5, 5.41) is 13.8. The van der Waals surface area contributed by atoms with Crippen LogP contribution in [-0.2, 0) is 13.0 Å². The number of hydrogen-bond acceptors (Lipinski definition) is 5. The van der Waals surface area contributed by atoms with Crippen molar-refractivity contribution in [3.8, 4) is 5.75 Å². The van der Waals surface area contributed by atoms with E-state index in [2.05, 4.69) is 22.0 Å². The zero-order chi connectivity index (χ0) is 15.1. The summed E-state index contributed by atoms with van der Waals surface area (Å²) in [4.78, 5) is 6.93. The Bertz CT molecular complexity index is 678. The van der Waals surface area contributed by atoms with Crippen LogP contribution in [0, 0.1) is 0 Å². The van der Waals surface area contributed by atoms with Crippen molar-refractivity contribution in [2.75, 3.05) is 6.54 Å². The third-order valence-corrected chi connectivity index (χ3v) is 5.09. The molecule has 4 rings (SSSR count). The number of phenolic OH excluding ortho intramolecular Hbond substituents is 1. The molecule has 1 aliphatic carbocycles. The van der Waals surface area contributed by atoms with Crippen LogP contribution >= 0.6 is 0 Å². The lowest BCUT2D eigenvalue weighted by Gasteiger charge is -2.34. The molecular formula is C17H21N3O2. The van der Waals surface area contributed by atoms with Crippen molar-refractivity contribution < 1.29 is 9.63 Å². The van der Waals surface area contributed by atoms with Gasteiger partial charge in [0.25, 0.3) is 0 Å². The molecule has 0 saturated heterocycles. The van der Waals surface area contributed by atoms with Gasteiger partial charge in [0.1, 0.15) is 5.75 Å². The van der Waals surface area contributed by atoms with E-state index in [9.17, 15) is 5.11 Å². The van der Waals surface area contributed by atoms with E-state index in [1.54, 1.807) is 6.07 Å². The molecule has 0 amide bonds. The Hall–Kier alpha value is -1.88. The van der Waals surface area contributed by atoms with Gasteiger partial charge >= 0.3 is 0 Å². The minimum atomic E-state index is 0.295. The summed E-state index contributed by atoms with van der Waals surface area (Å²) in [6.07, 6.45) is 4.60. The maximum Gasteiger partial charge on any atom is 0.240 e. The fourth-order valence-corrected chi connectivity index (χ4v) is 3.42. The first kappa shape index (κ1) is 13.8. The van der Waals surface area contributed by atoms with Crippen molar-refractivity contribution in [2.24, 2.45) is 0 Å². The highest BCUT2D eigenvalue weighted by molar-refractivity contribution is 5.38. The molecule has 0 bridgehead atoms. The number of phenols is 1. The Morgan fingerprint density at radius 1 is 1.36 bits per heavy atom.